The molecule has 0 saturated heterocycles. The van der Waals surface area contributed by atoms with Crippen LogP contribution in [0.4, 0.5) is 5.69 Å². The number of aryl methyl sites for hydroxylation is 2. The third kappa shape index (κ3) is 4.23. The van der Waals surface area contributed by atoms with Crippen LogP contribution in [0.1, 0.15) is 30.6 Å². The van der Waals surface area contributed by atoms with Crippen LogP contribution in [0.5, 0.6) is 0 Å². The molecule has 0 radical (unpaired) electrons. The number of nitrogens with one attached hydrogen (secondary N) is 1. The van der Waals surface area contributed by atoms with Crippen molar-refractivity contribution in [2.24, 2.45) is 7.05 Å². The van der Waals surface area contributed by atoms with Gasteiger partial charge in [-0.25, -0.2) is 4.79 Å². The van der Waals surface area contributed by atoms with E-state index in [9.17, 15) is 14.4 Å². The molecule has 2 amide bonds. The number of para-hydroxylation sites is 2. The minimum Gasteiger partial charge on any atom is -0.339 e. The van der Waals surface area contributed by atoms with Gasteiger partial charge in [-0.2, -0.15) is 0 Å². The van der Waals surface area contributed by atoms with Crippen LogP contribution >= 0.6 is 0 Å². The molecule has 0 bridgehead atoms. The van der Waals surface area contributed by atoms with E-state index in [1.807, 2.05) is 38.1 Å². The Hall–Kier alpha value is -3.35. The third-order valence-electron chi connectivity index (χ3n) is 5.06. The molecule has 1 N–H and O–H groups in total. The van der Waals surface area contributed by atoms with Gasteiger partial charge in [0.1, 0.15) is 0 Å². The Morgan fingerprint density at radius 3 is 2.38 bits per heavy atom. The number of carbonyl (C=O) groups excluding carboxylic acids is 2. The van der Waals surface area contributed by atoms with Gasteiger partial charge in [-0.1, -0.05) is 18.2 Å². The number of rotatable bonds is 7. The number of carbonyl (C=O) groups is 2. The summed E-state index contributed by atoms with van der Waals surface area (Å²) in [7, 11) is 1.72. The molecular formula is C22H26N4O3. The second-order valence-electron chi connectivity index (χ2n) is 6.84. The van der Waals surface area contributed by atoms with E-state index in [0.29, 0.717) is 24.3 Å². The zero-order valence-corrected chi connectivity index (χ0v) is 17.0. The molecule has 3 rings (SSSR count). The van der Waals surface area contributed by atoms with E-state index in [2.05, 4.69) is 5.32 Å². The van der Waals surface area contributed by atoms with Crippen molar-refractivity contribution in [2.75, 3.05) is 18.4 Å². The lowest BCUT2D eigenvalue weighted by Gasteiger charge is -2.19. The second kappa shape index (κ2) is 8.77. The van der Waals surface area contributed by atoms with E-state index < -0.39 is 0 Å². The second-order valence-corrected chi connectivity index (χ2v) is 6.84. The zero-order valence-electron chi connectivity index (χ0n) is 17.0. The maximum Gasteiger partial charge on any atom is 0.328 e. The monoisotopic (exact) mass is 394 g/mol. The van der Waals surface area contributed by atoms with E-state index in [-0.39, 0.29) is 30.5 Å². The van der Waals surface area contributed by atoms with Gasteiger partial charge in [0.05, 0.1) is 11.0 Å². The molecule has 29 heavy (non-hydrogen) atoms. The molecule has 0 saturated carbocycles. The van der Waals surface area contributed by atoms with E-state index >= 15 is 0 Å². The lowest BCUT2D eigenvalue weighted by atomic mass is 10.1. The molecule has 152 valence electrons. The van der Waals surface area contributed by atoms with Crippen molar-refractivity contribution in [2.45, 2.75) is 26.8 Å². The number of hydrogen-bond acceptors (Lipinski definition) is 3. The van der Waals surface area contributed by atoms with Crippen molar-refractivity contribution >= 4 is 28.5 Å². The standard InChI is InChI=1S/C22H26N4O3/c1-4-25(5-2)21(28)16-9-8-10-17(15-16)23-20(27)13-14-26-19-12-7-6-11-18(19)24(3)22(26)29/h6-12,15H,4-5,13-14H2,1-3H3,(H,23,27). The van der Waals surface area contributed by atoms with Gasteiger partial charge in [0, 0.05) is 44.4 Å². The SMILES string of the molecule is CCN(CC)C(=O)c1cccc(NC(=O)CCn2c(=O)n(C)c3ccccc32)c1. The summed E-state index contributed by atoms with van der Waals surface area (Å²) in [6.07, 6.45) is 0.155. The van der Waals surface area contributed by atoms with Crippen molar-refractivity contribution in [1.29, 1.82) is 0 Å². The van der Waals surface area contributed by atoms with E-state index in [1.165, 1.54) is 0 Å². The van der Waals surface area contributed by atoms with Crippen LogP contribution in [0.25, 0.3) is 11.0 Å². The zero-order chi connectivity index (χ0) is 21.0. The normalized spacial score (nSPS) is 10.9. The Morgan fingerprint density at radius 1 is 1.00 bits per heavy atom. The Morgan fingerprint density at radius 2 is 1.69 bits per heavy atom. The third-order valence-corrected chi connectivity index (χ3v) is 5.06. The van der Waals surface area contributed by atoms with Crippen LogP contribution in [0.15, 0.2) is 53.3 Å². The molecule has 0 unspecified atom stereocenters. The summed E-state index contributed by atoms with van der Waals surface area (Å²) < 4.78 is 3.19. The molecule has 7 nitrogen and oxygen atoms in total. The number of aromatic nitrogens is 2. The number of amides is 2. The highest BCUT2D eigenvalue weighted by atomic mass is 16.2. The quantitative estimate of drug-likeness (QED) is 0.669. The topological polar surface area (TPSA) is 76.3 Å². The Balaban J connectivity index is 1.70. The van der Waals surface area contributed by atoms with Crippen LogP contribution in [-0.4, -0.2) is 38.9 Å². The minimum atomic E-state index is -0.211. The fourth-order valence-corrected chi connectivity index (χ4v) is 3.44. The molecule has 0 spiro atoms. The van der Waals surface area contributed by atoms with Gasteiger partial charge in [-0.05, 0) is 44.2 Å². The van der Waals surface area contributed by atoms with Crippen molar-refractivity contribution in [3.8, 4) is 0 Å². The van der Waals surface area contributed by atoms with Gasteiger partial charge in [0.15, 0.2) is 0 Å². The van der Waals surface area contributed by atoms with Crippen LogP contribution in [0.3, 0.4) is 0 Å². The van der Waals surface area contributed by atoms with Crippen molar-refractivity contribution in [3.05, 3.63) is 64.6 Å². The first-order chi connectivity index (χ1) is 14.0. The lowest BCUT2D eigenvalue weighted by Crippen LogP contribution is -2.30. The van der Waals surface area contributed by atoms with Crippen molar-refractivity contribution < 1.29 is 9.59 Å². The summed E-state index contributed by atoms with van der Waals surface area (Å²) in [5, 5.41) is 2.82. The van der Waals surface area contributed by atoms with Gasteiger partial charge < -0.3 is 10.2 Å². The summed E-state index contributed by atoms with van der Waals surface area (Å²) >= 11 is 0. The molecular weight excluding hydrogens is 368 g/mol. The first-order valence-electron chi connectivity index (χ1n) is 9.79. The molecule has 0 aliphatic heterocycles. The van der Waals surface area contributed by atoms with Crippen molar-refractivity contribution in [3.63, 3.8) is 0 Å². The highest BCUT2D eigenvalue weighted by molar-refractivity contribution is 5.97. The number of imidazole rings is 1. The highest BCUT2D eigenvalue weighted by Crippen LogP contribution is 2.15. The summed E-state index contributed by atoms with van der Waals surface area (Å²) in [4.78, 5) is 39.1. The summed E-state index contributed by atoms with van der Waals surface area (Å²) in [6.45, 7) is 5.41. The molecule has 0 atom stereocenters. The van der Waals surface area contributed by atoms with Gasteiger partial charge in [0.2, 0.25) is 5.91 Å². The number of hydrogen-bond donors (Lipinski definition) is 1. The first-order valence-corrected chi connectivity index (χ1v) is 9.79. The Labute approximate surface area is 169 Å². The lowest BCUT2D eigenvalue weighted by molar-refractivity contribution is -0.116. The van der Waals surface area contributed by atoms with Gasteiger partial charge in [-0.3, -0.25) is 18.7 Å². The fourth-order valence-electron chi connectivity index (χ4n) is 3.44. The molecule has 0 fully saturated rings. The van der Waals surface area contributed by atoms with Crippen LogP contribution in [0.2, 0.25) is 0 Å². The number of benzene rings is 2. The van der Waals surface area contributed by atoms with Gasteiger partial charge in [-0.15, -0.1) is 0 Å². The Kier molecular flexibility index (Phi) is 6.16. The van der Waals surface area contributed by atoms with Crippen LogP contribution < -0.4 is 11.0 Å². The first kappa shape index (κ1) is 20.4. The van der Waals surface area contributed by atoms with E-state index in [0.717, 1.165) is 11.0 Å². The highest BCUT2D eigenvalue weighted by Gasteiger charge is 2.14. The van der Waals surface area contributed by atoms with Crippen LogP contribution in [-0.2, 0) is 18.4 Å². The average Bonchev–Trinajstić information content (AvgIpc) is 2.98. The molecule has 3 aromatic rings. The predicted molar refractivity (Wildman–Crippen MR) is 114 cm³/mol. The maximum absolute atomic E-state index is 12.5. The average molecular weight is 394 g/mol. The molecule has 2 aromatic carbocycles. The van der Waals surface area contributed by atoms with E-state index in [1.54, 1.807) is 45.3 Å². The summed E-state index contributed by atoms with van der Waals surface area (Å²) in [6, 6.07) is 14.4. The molecule has 7 heteroatoms. The van der Waals surface area contributed by atoms with Gasteiger partial charge >= 0.3 is 5.69 Å². The molecule has 0 aliphatic rings. The maximum atomic E-state index is 12.5. The van der Waals surface area contributed by atoms with Crippen LogP contribution in [0, 0.1) is 0 Å². The van der Waals surface area contributed by atoms with E-state index in [4.69, 9.17) is 0 Å². The Bertz CT molecular complexity index is 1090. The fraction of sp³-hybridized carbons (Fsp3) is 0.318. The summed E-state index contributed by atoms with van der Waals surface area (Å²) in [5.74, 6) is -0.273. The number of nitrogens with zero attached hydrogens (tertiary/aromatic N) is 3. The summed E-state index contributed by atoms with van der Waals surface area (Å²) in [5.41, 5.74) is 2.60. The number of fused-ring (bicyclic) bond motifs is 1. The largest absolute Gasteiger partial charge is 0.339 e. The smallest absolute Gasteiger partial charge is 0.328 e. The minimum absolute atomic E-state index is 0.0617. The van der Waals surface area contributed by atoms with Crippen molar-refractivity contribution in [1.82, 2.24) is 14.0 Å². The molecule has 1 aromatic heterocycles. The van der Waals surface area contributed by atoms with Gasteiger partial charge in [0.25, 0.3) is 5.91 Å². The molecule has 0 aliphatic carbocycles. The predicted octanol–water partition coefficient (Wildman–Crippen LogP) is 2.85. The number of anilines is 1. The molecule has 1 heterocycles.